The van der Waals surface area contributed by atoms with E-state index in [0.717, 1.165) is 12.8 Å². The van der Waals surface area contributed by atoms with Crippen LogP contribution in [0, 0.1) is 23.7 Å². The first-order valence-corrected chi connectivity index (χ1v) is 13.3. The number of unbranched alkanes of at least 4 members (excludes halogenated alkanes) is 1. The number of hydrogen-bond donors (Lipinski definition) is 2. The molecule has 1 fully saturated rings. The number of rotatable bonds is 9. The molecule has 3 aliphatic rings. The minimum atomic E-state index is -0.813. The molecule has 2 aromatic rings. The zero-order chi connectivity index (χ0) is 26.6. The molecule has 2 N–H and O–H groups in total. The van der Waals surface area contributed by atoms with Crippen molar-refractivity contribution in [3.8, 4) is 5.75 Å². The minimum absolute atomic E-state index is 0.239. The lowest BCUT2D eigenvalue weighted by molar-refractivity contribution is -0.131. The first kappa shape index (κ1) is 25.6. The van der Waals surface area contributed by atoms with Crippen LogP contribution in [0.4, 0.5) is 11.4 Å². The molecule has 5 atom stereocenters. The molecule has 1 saturated heterocycles. The third-order valence-electron chi connectivity index (χ3n) is 7.40. The molecule has 38 heavy (non-hydrogen) atoms. The van der Waals surface area contributed by atoms with Crippen LogP contribution in [0.15, 0.2) is 78.8 Å². The van der Waals surface area contributed by atoms with Crippen molar-refractivity contribution < 1.29 is 23.9 Å². The topological polar surface area (TPSA) is 97.0 Å². The fourth-order valence-electron chi connectivity index (χ4n) is 5.67. The zero-order valence-corrected chi connectivity index (χ0v) is 21.6. The van der Waals surface area contributed by atoms with Crippen LogP contribution in [0.3, 0.4) is 0 Å². The third-order valence-corrected chi connectivity index (χ3v) is 7.40. The number of anilines is 2. The van der Waals surface area contributed by atoms with Crippen LogP contribution in [-0.4, -0.2) is 36.9 Å². The van der Waals surface area contributed by atoms with E-state index < -0.39 is 23.8 Å². The molecular weight excluding hydrogens is 482 g/mol. The van der Waals surface area contributed by atoms with Crippen LogP contribution >= 0.6 is 0 Å². The molecule has 1 unspecified atom stereocenters. The zero-order valence-electron chi connectivity index (χ0n) is 21.6. The van der Waals surface area contributed by atoms with Crippen molar-refractivity contribution in [3.05, 3.63) is 78.8 Å². The fourth-order valence-corrected chi connectivity index (χ4v) is 5.67. The number of benzene rings is 2. The minimum Gasteiger partial charge on any atom is -0.494 e. The lowest BCUT2D eigenvalue weighted by atomic mass is 9.69. The van der Waals surface area contributed by atoms with Gasteiger partial charge in [0.25, 0.3) is 0 Å². The fraction of sp³-hybridized carbons (Fsp3) is 0.367. The monoisotopic (exact) mass is 515 g/mol. The van der Waals surface area contributed by atoms with Crippen LogP contribution in [0.25, 0.3) is 0 Å². The molecule has 0 bridgehead atoms. The van der Waals surface area contributed by atoms with E-state index in [9.17, 15) is 14.4 Å². The first-order valence-electron chi connectivity index (χ1n) is 13.3. The highest BCUT2D eigenvalue weighted by Gasteiger charge is 2.59. The second-order valence-electron chi connectivity index (χ2n) is 9.75. The largest absolute Gasteiger partial charge is 0.494 e. The molecule has 0 spiro atoms. The van der Waals surface area contributed by atoms with Crippen LogP contribution < -0.4 is 20.3 Å². The summed E-state index contributed by atoms with van der Waals surface area (Å²) in [5.74, 6) is -1.86. The van der Waals surface area contributed by atoms with E-state index >= 15 is 0 Å². The Morgan fingerprint density at radius 1 is 1.03 bits per heavy atom. The molecule has 3 amide bonds. The van der Waals surface area contributed by atoms with E-state index in [1.54, 1.807) is 35.4 Å². The quantitative estimate of drug-likeness (QED) is 0.487. The predicted octanol–water partition coefficient (Wildman–Crippen LogP) is 4.26. The highest BCUT2D eigenvalue weighted by Crippen LogP contribution is 2.50. The van der Waals surface area contributed by atoms with Crippen molar-refractivity contribution in [2.45, 2.75) is 32.7 Å². The summed E-state index contributed by atoms with van der Waals surface area (Å²) in [7, 11) is 0. The maximum atomic E-state index is 14.2. The summed E-state index contributed by atoms with van der Waals surface area (Å²) in [5.41, 5.74) is 1.24. The van der Waals surface area contributed by atoms with E-state index in [4.69, 9.17) is 9.47 Å². The summed E-state index contributed by atoms with van der Waals surface area (Å²) in [5, 5.41) is 5.99. The maximum absolute atomic E-state index is 14.2. The molecule has 8 heteroatoms. The number of carbonyl (C=O) groups is 3. The number of para-hydroxylation sites is 1. The average Bonchev–Trinajstić information content (AvgIpc) is 3.51. The normalized spacial score (nSPS) is 25.2. The number of allylic oxidation sites excluding steroid dienone is 1. The van der Waals surface area contributed by atoms with Crippen molar-refractivity contribution in [1.82, 2.24) is 5.32 Å². The SMILES string of the molecule is CCCCNC(=O)[C@@H]1[C@@H]2C=C3OC=C[C@@H]3[C@@H](C(=O)Nc3ccccc3)C2C(=O)N1c1ccc(OCC)cc1. The Labute approximate surface area is 222 Å². The van der Waals surface area contributed by atoms with Gasteiger partial charge in [-0.05, 0) is 61.9 Å². The van der Waals surface area contributed by atoms with Crippen LogP contribution in [0.1, 0.15) is 26.7 Å². The van der Waals surface area contributed by atoms with Gasteiger partial charge in [0.05, 0.1) is 30.6 Å². The van der Waals surface area contributed by atoms with Crippen molar-refractivity contribution in [2.75, 3.05) is 23.4 Å². The van der Waals surface area contributed by atoms with Gasteiger partial charge in [0.1, 0.15) is 17.6 Å². The first-order chi connectivity index (χ1) is 18.5. The van der Waals surface area contributed by atoms with Gasteiger partial charge in [-0.1, -0.05) is 31.5 Å². The van der Waals surface area contributed by atoms with Crippen molar-refractivity contribution in [3.63, 3.8) is 0 Å². The number of nitrogens with one attached hydrogen (secondary N) is 2. The van der Waals surface area contributed by atoms with E-state index in [-0.39, 0.29) is 23.6 Å². The van der Waals surface area contributed by atoms with Crippen molar-refractivity contribution >= 4 is 29.1 Å². The summed E-state index contributed by atoms with van der Waals surface area (Å²) in [4.78, 5) is 43.1. The lowest BCUT2D eigenvalue weighted by Crippen LogP contribution is -2.48. The molecule has 0 radical (unpaired) electrons. The van der Waals surface area contributed by atoms with E-state index in [1.807, 2.05) is 49.4 Å². The maximum Gasteiger partial charge on any atom is 0.243 e. The smallest absolute Gasteiger partial charge is 0.243 e. The molecule has 2 heterocycles. The van der Waals surface area contributed by atoms with Gasteiger partial charge < -0.3 is 20.1 Å². The Morgan fingerprint density at radius 3 is 2.50 bits per heavy atom. The highest BCUT2D eigenvalue weighted by molar-refractivity contribution is 6.09. The number of hydrogen-bond acceptors (Lipinski definition) is 5. The molecule has 1 aliphatic carbocycles. The predicted molar refractivity (Wildman–Crippen MR) is 144 cm³/mol. The van der Waals surface area contributed by atoms with Crippen LogP contribution in [-0.2, 0) is 19.1 Å². The van der Waals surface area contributed by atoms with Crippen molar-refractivity contribution in [2.24, 2.45) is 23.7 Å². The van der Waals surface area contributed by atoms with Gasteiger partial charge in [0.15, 0.2) is 0 Å². The Hall–Kier alpha value is -4.07. The lowest BCUT2D eigenvalue weighted by Gasteiger charge is -2.33. The number of carbonyl (C=O) groups excluding carboxylic acids is 3. The Morgan fingerprint density at radius 2 is 1.79 bits per heavy atom. The molecule has 0 aromatic heterocycles. The summed E-state index contributed by atoms with van der Waals surface area (Å²) in [6.45, 7) is 5.00. The number of fused-ring (bicyclic) bond motifs is 2. The molecular formula is C30H33N3O5. The molecule has 5 rings (SSSR count). The van der Waals surface area contributed by atoms with Crippen LogP contribution in [0.2, 0.25) is 0 Å². The Balaban J connectivity index is 1.53. The number of amides is 3. The van der Waals surface area contributed by atoms with Gasteiger partial charge in [-0.3, -0.25) is 19.3 Å². The van der Waals surface area contributed by atoms with Crippen LogP contribution in [0.5, 0.6) is 5.75 Å². The average molecular weight is 516 g/mol. The molecule has 8 nitrogen and oxygen atoms in total. The molecule has 0 saturated carbocycles. The highest BCUT2D eigenvalue weighted by atomic mass is 16.5. The second-order valence-corrected chi connectivity index (χ2v) is 9.75. The summed E-state index contributed by atoms with van der Waals surface area (Å²) in [6, 6.07) is 15.5. The van der Waals surface area contributed by atoms with Gasteiger partial charge in [-0.2, -0.15) is 0 Å². The third kappa shape index (κ3) is 4.78. The Kier molecular flexibility index (Phi) is 7.49. The summed E-state index contributed by atoms with van der Waals surface area (Å²) < 4.78 is 11.3. The molecule has 2 aromatic carbocycles. The number of ether oxygens (including phenoxy) is 2. The molecule has 198 valence electrons. The van der Waals surface area contributed by atoms with E-state index in [1.165, 1.54) is 0 Å². The van der Waals surface area contributed by atoms with Crippen molar-refractivity contribution in [1.29, 1.82) is 0 Å². The summed E-state index contributed by atoms with van der Waals surface area (Å²) in [6.07, 6.45) is 7.03. The van der Waals surface area contributed by atoms with Gasteiger partial charge in [0.2, 0.25) is 17.7 Å². The van der Waals surface area contributed by atoms with E-state index in [2.05, 4.69) is 17.6 Å². The standard InChI is InChI=1S/C30H33N3O5/c1-3-5-16-31-29(35)27-23-18-24-22(15-17-38-24)25(28(34)32-19-9-7-6-8-10-19)26(23)30(36)33(27)20-11-13-21(14-12-20)37-4-2/h6-15,17-18,22-23,25-27H,3-5,16H2,1-2H3,(H,31,35)(H,32,34)/t22-,23+,25+,26?,27-/m0/s1. The van der Waals surface area contributed by atoms with Gasteiger partial charge in [-0.15, -0.1) is 0 Å². The van der Waals surface area contributed by atoms with E-state index in [0.29, 0.717) is 36.0 Å². The number of nitrogens with zero attached hydrogens (tertiary/aromatic N) is 1. The van der Waals surface area contributed by atoms with Gasteiger partial charge in [0, 0.05) is 23.8 Å². The van der Waals surface area contributed by atoms with Gasteiger partial charge >= 0.3 is 0 Å². The second kappa shape index (κ2) is 11.1. The molecule has 2 aliphatic heterocycles. The Bertz CT molecular complexity index is 1240. The summed E-state index contributed by atoms with van der Waals surface area (Å²) >= 11 is 0. The van der Waals surface area contributed by atoms with Gasteiger partial charge in [-0.25, -0.2) is 0 Å².